The summed E-state index contributed by atoms with van der Waals surface area (Å²) in [5, 5.41) is 3.70. The first-order valence-electron chi connectivity index (χ1n) is 5.50. The zero-order valence-electron chi connectivity index (χ0n) is 10.3. The van der Waals surface area contributed by atoms with Crippen LogP contribution in [0.3, 0.4) is 0 Å². The molecule has 1 aromatic carbocycles. The van der Waals surface area contributed by atoms with Gasteiger partial charge in [-0.1, -0.05) is 15.9 Å². The van der Waals surface area contributed by atoms with E-state index in [0.29, 0.717) is 5.56 Å². The first-order valence-corrected chi connectivity index (χ1v) is 6.62. The molecule has 17 heavy (non-hydrogen) atoms. The fourth-order valence-corrected chi connectivity index (χ4v) is 2.54. The molecular formula is C13H17BrFNO. The van der Waals surface area contributed by atoms with Crippen molar-refractivity contribution in [1.82, 2.24) is 5.32 Å². The molecule has 0 atom stereocenters. The summed E-state index contributed by atoms with van der Waals surface area (Å²) in [6.07, 6.45) is 0.813. The third-order valence-corrected chi connectivity index (χ3v) is 2.87. The zero-order chi connectivity index (χ0) is 13.1. The van der Waals surface area contributed by atoms with Crippen LogP contribution in [-0.2, 0) is 0 Å². The van der Waals surface area contributed by atoms with Crippen molar-refractivity contribution >= 4 is 21.8 Å². The van der Waals surface area contributed by atoms with Crippen molar-refractivity contribution in [2.75, 3.05) is 5.33 Å². The predicted octanol–water partition coefficient (Wildman–Crippen LogP) is 3.43. The van der Waals surface area contributed by atoms with E-state index < -0.39 is 0 Å². The molecule has 0 fully saturated rings. The van der Waals surface area contributed by atoms with Crippen molar-refractivity contribution < 1.29 is 9.18 Å². The Morgan fingerprint density at radius 1 is 1.41 bits per heavy atom. The molecule has 0 aliphatic heterocycles. The van der Waals surface area contributed by atoms with E-state index in [1.54, 1.807) is 13.0 Å². The van der Waals surface area contributed by atoms with Crippen LogP contribution in [0.4, 0.5) is 4.39 Å². The molecule has 0 heterocycles. The third-order valence-electron chi connectivity index (χ3n) is 2.48. The Labute approximate surface area is 110 Å². The highest BCUT2D eigenvalue weighted by atomic mass is 79.9. The molecule has 1 amide bonds. The first-order chi connectivity index (χ1) is 7.84. The largest absolute Gasteiger partial charge is 0.347 e. The number of carbonyl (C=O) groups excluding carboxylic acids is 1. The fraction of sp³-hybridized carbons (Fsp3) is 0.462. The summed E-state index contributed by atoms with van der Waals surface area (Å²) in [7, 11) is 0. The van der Waals surface area contributed by atoms with Gasteiger partial charge in [0, 0.05) is 16.4 Å². The maximum Gasteiger partial charge on any atom is 0.251 e. The van der Waals surface area contributed by atoms with Crippen molar-refractivity contribution in [1.29, 1.82) is 0 Å². The van der Waals surface area contributed by atoms with Crippen LogP contribution >= 0.6 is 15.9 Å². The van der Waals surface area contributed by atoms with Gasteiger partial charge in [0.15, 0.2) is 0 Å². The van der Waals surface area contributed by atoms with Gasteiger partial charge >= 0.3 is 0 Å². The number of alkyl halides is 1. The first kappa shape index (κ1) is 14.2. The second-order valence-electron chi connectivity index (χ2n) is 4.79. The molecular weight excluding hydrogens is 285 g/mol. The highest BCUT2D eigenvalue weighted by Crippen LogP contribution is 2.13. The van der Waals surface area contributed by atoms with Crippen molar-refractivity contribution in [2.45, 2.75) is 32.7 Å². The van der Waals surface area contributed by atoms with Crippen LogP contribution in [0, 0.1) is 12.7 Å². The monoisotopic (exact) mass is 301 g/mol. The highest BCUT2D eigenvalue weighted by molar-refractivity contribution is 9.09. The summed E-state index contributed by atoms with van der Waals surface area (Å²) in [6.45, 7) is 5.65. The Balaban J connectivity index is 2.83. The Morgan fingerprint density at radius 3 is 2.59 bits per heavy atom. The van der Waals surface area contributed by atoms with Crippen molar-refractivity contribution in [3.05, 3.63) is 35.1 Å². The van der Waals surface area contributed by atoms with Gasteiger partial charge in [0.2, 0.25) is 0 Å². The molecule has 0 saturated carbocycles. The lowest BCUT2D eigenvalue weighted by Crippen LogP contribution is -2.43. The SMILES string of the molecule is Cc1cc(F)cc(C(=O)NC(C)(C)CCBr)c1. The summed E-state index contributed by atoms with van der Waals surface area (Å²) < 4.78 is 13.2. The average molecular weight is 302 g/mol. The molecule has 0 bridgehead atoms. The van der Waals surface area contributed by atoms with E-state index in [0.717, 1.165) is 17.3 Å². The minimum absolute atomic E-state index is 0.237. The quantitative estimate of drug-likeness (QED) is 0.848. The summed E-state index contributed by atoms with van der Waals surface area (Å²) in [4.78, 5) is 11.9. The Morgan fingerprint density at radius 2 is 2.06 bits per heavy atom. The molecule has 4 heteroatoms. The molecule has 0 radical (unpaired) electrons. The molecule has 0 spiro atoms. The van der Waals surface area contributed by atoms with Gasteiger partial charge < -0.3 is 5.32 Å². The zero-order valence-corrected chi connectivity index (χ0v) is 11.9. The summed E-state index contributed by atoms with van der Waals surface area (Å²) in [6, 6.07) is 4.34. The Hall–Kier alpha value is -0.900. The van der Waals surface area contributed by atoms with Crippen LogP contribution in [-0.4, -0.2) is 16.8 Å². The number of amides is 1. The second-order valence-corrected chi connectivity index (χ2v) is 5.59. The van der Waals surface area contributed by atoms with Crippen LogP contribution in [0.2, 0.25) is 0 Å². The topological polar surface area (TPSA) is 29.1 Å². The lowest BCUT2D eigenvalue weighted by atomic mass is 10.0. The number of hydrogen-bond acceptors (Lipinski definition) is 1. The van der Waals surface area contributed by atoms with Crippen LogP contribution in [0.25, 0.3) is 0 Å². The number of hydrogen-bond donors (Lipinski definition) is 1. The molecule has 0 unspecified atom stereocenters. The van der Waals surface area contributed by atoms with Crippen molar-refractivity contribution in [3.8, 4) is 0 Å². The summed E-state index contributed by atoms with van der Waals surface area (Å²) in [5.74, 6) is -0.619. The van der Waals surface area contributed by atoms with Crippen LogP contribution in [0.1, 0.15) is 36.2 Å². The van der Waals surface area contributed by atoms with Gasteiger partial charge in [0.25, 0.3) is 5.91 Å². The Kier molecular flexibility index (Phi) is 4.69. The van der Waals surface area contributed by atoms with E-state index in [9.17, 15) is 9.18 Å². The molecule has 94 valence electrons. The predicted molar refractivity (Wildman–Crippen MR) is 71.1 cm³/mol. The number of nitrogens with one attached hydrogen (secondary N) is 1. The lowest BCUT2D eigenvalue weighted by Gasteiger charge is -2.25. The number of rotatable bonds is 4. The van der Waals surface area contributed by atoms with E-state index in [2.05, 4.69) is 21.2 Å². The van der Waals surface area contributed by atoms with Crippen molar-refractivity contribution in [3.63, 3.8) is 0 Å². The molecule has 1 N–H and O–H groups in total. The average Bonchev–Trinajstić information content (AvgIpc) is 2.14. The molecule has 0 aromatic heterocycles. The summed E-state index contributed by atoms with van der Waals surface area (Å²) >= 11 is 3.34. The standard InChI is InChI=1S/C13H17BrFNO/c1-9-6-10(8-11(15)7-9)12(17)16-13(2,3)4-5-14/h6-8H,4-5H2,1-3H3,(H,16,17). The minimum Gasteiger partial charge on any atom is -0.347 e. The van der Waals surface area contributed by atoms with Gasteiger partial charge in [-0.15, -0.1) is 0 Å². The van der Waals surface area contributed by atoms with Gasteiger partial charge in [0.1, 0.15) is 5.82 Å². The van der Waals surface area contributed by atoms with E-state index in [4.69, 9.17) is 0 Å². The van der Waals surface area contributed by atoms with Gasteiger partial charge in [-0.2, -0.15) is 0 Å². The van der Waals surface area contributed by atoms with E-state index in [1.807, 2.05) is 13.8 Å². The number of aryl methyl sites for hydroxylation is 1. The molecule has 0 aliphatic carbocycles. The van der Waals surface area contributed by atoms with Gasteiger partial charge in [-0.25, -0.2) is 4.39 Å². The van der Waals surface area contributed by atoms with Crippen LogP contribution in [0.5, 0.6) is 0 Å². The highest BCUT2D eigenvalue weighted by Gasteiger charge is 2.20. The second kappa shape index (κ2) is 5.63. The molecule has 0 saturated heterocycles. The van der Waals surface area contributed by atoms with Gasteiger partial charge in [-0.05, 0) is 51.0 Å². The molecule has 1 rings (SSSR count). The van der Waals surface area contributed by atoms with E-state index in [-0.39, 0.29) is 17.3 Å². The molecule has 1 aromatic rings. The maximum atomic E-state index is 13.2. The number of halogens is 2. The van der Waals surface area contributed by atoms with Crippen LogP contribution in [0.15, 0.2) is 18.2 Å². The number of benzene rings is 1. The van der Waals surface area contributed by atoms with Crippen molar-refractivity contribution in [2.24, 2.45) is 0 Å². The van der Waals surface area contributed by atoms with E-state index >= 15 is 0 Å². The maximum absolute atomic E-state index is 13.2. The van der Waals surface area contributed by atoms with E-state index in [1.165, 1.54) is 12.1 Å². The van der Waals surface area contributed by atoms with Crippen LogP contribution < -0.4 is 5.32 Å². The normalized spacial score (nSPS) is 11.4. The molecule has 0 aliphatic rings. The van der Waals surface area contributed by atoms with Gasteiger partial charge in [-0.3, -0.25) is 4.79 Å². The summed E-state index contributed by atoms with van der Waals surface area (Å²) in [5.41, 5.74) is 0.805. The van der Waals surface area contributed by atoms with Gasteiger partial charge in [0.05, 0.1) is 0 Å². The number of carbonyl (C=O) groups is 1. The fourth-order valence-electron chi connectivity index (χ4n) is 1.55. The third kappa shape index (κ3) is 4.46. The minimum atomic E-state index is -0.381. The smallest absolute Gasteiger partial charge is 0.251 e. The molecule has 2 nitrogen and oxygen atoms in total. The lowest BCUT2D eigenvalue weighted by molar-refractivity contribution is 0.0911. The Bertz CT molecular complexity index is 398.